The maximum Gasteiger partial charge on any atom is 0.257 e. The smallest absolute Gasteiger partial charge is 0.257 e. The maximum atomic E-state index is 12.6. The highest BCUT2D eigenvalue weighted by Gasteiger charge is 2.21. The van der Waals surface area contributed by atoms with Crippen molar-refractivity contribution < 1.29 is 9.59 Å². The summed E-state index contributed by atoms with van der Waals surface area (Å²) in [5.74, 6) is -0.421. The summed E-state index contributed by atoms with van der Waals surface area (Å²) in [5, 5.41) is 6.87. The van der Waals surface area contributed by atoms with Gasteiger partial charge in [0.05, 0.1) is 20.8 Å². The zero-order valence-electron chi connectivity index (χ0n) is 19.6. The van der Waals surface area contributed by atoms with Gasteiger partial charge in [-0.25, -0.2) is 0 Å². The Morgan fingerprint density at radius 3 is 2.24 bits per heavy atom. The molecule has 2 N–H and O–H groups in total. The second-order valence-corrected chi connectivity index (χ2v) is 9.89. The van der Waals surface area contributed by atoms with Crippen LogP contribution in [0.1, 0.15) is 15.9 Å². The molecule has 1 fully saturated rings. The van der Waals surface area contributed by atoms with Gasteiger partial charge in [-0.15, -0.1) is 0 Å². The molecule has 0 aromatic heterocycles. The fraction of sp³-hybridized carbons (Fsp3) is 0.148. The Morgan fingerprint density at radius 2 is 1.57 bits per heavy atom. The van der Waals surface area contributed by atoms with E-state index in [1.165, 1.54) is 6.07 Å². The number of rotatable bonds is 5. The van der Waals surface area contributed by atoms with Crippen LogP contribution < -0.4 is 15.5 Å². The number of nitrogens with zero attached hydrogens (tertiary/aromatic N) is 2. The number of halogens is 3. The van der Waals surface area contributed by atoms with Crippen molar-refractivity contribution in [1.29, 1.82) is 0 Å². The van der Waals surface area contributed by atoms with Gasteiger partial charge in [0.2, 0.25) is 5.91 Å². The topological polar surface area (TPSA) is 64.7 Å². The number of benzene rings is 3. The van der Waals surface area contributed by atoms with Crippen molar-refractivity contribution >= 4 is 81.4 Å². The minimum Gasteiger partial charge on any atom is -0.367 e. The van der Waals surface area contributed by atoms with Gasteiger partial charge in [0.25, 0.3) is 5.91 Å². The molecule has 190 valence electrons. The van der Waals surface area contributed by atoms with Crippen LogP contribution in [0.2, 0.25) is 15.1 Å². The van der Waals surface area contributed by atoms with Crippen LogP contribution in [0.4, 0.5) is 11.4 Å². The third-order valence-corrected chi connectivity index (χ3v) is 7.01. The highest BCUT2D eigenvalue weighted by molar-refractivity contribution is 7.80. The molecule has 3 aromatic rings. The maximum absolute atomic E-state index is 12.6. The highest BCUT2D eigenvalue weighted by Crippen LogP contribution is 2.30. The zero-order valence-corrected chi connectivity index (χ0v) is 22.7. The summed E-state index contributed by atoms with van der Waals surface area (Å²) in [5.41, 5.74) is 2.82. The summed E-state index contributed by atoms with van der Waals surface area (Å²) in [4.78, 5) is 28.9. The van der Waals surface area contributed by atoms with Gasteiger partial charge in [0.15, 0.2) is 5.11 Å². The fourth-order valence-electron chi connectivity index (χ4n) is 3.82. The van der Waals surface area contributed by atoms with Crippen molar-refractivity contribution in [1.82, 2.24) is 10.2 Å². The Kier molecular flexibility index (Phi) is 9.05. The molecule has 2 amide bonds. The molecule has 0 atom stereocenters. The van der Waals surface area contributed by atoms with Crippen molar-refractivity contribution in [3.05, 3.63) is 99.0 Å². The fourth-order valence-corrected chi connectivity index (χ4v) is 4.63. The van der Waals surface area contributed by atoms with Crippen LogP contribution in [0.3, 0.4) is 0 Å². The molecule has 6 nitrogen and oxygen atoms in total. The van der Waals surface area contributed by atoms with Gasteiger partial charge in [0, 0.05) is 43.5 Å². The van der Waals surface area contributed by atoms with E-state index in [0.29, 0.717) is 47.5 Å². The van der Waals surface area contributed by atoms with Gasteiger partial charge in [0.1, 0.15) is 0 Å². The van der Waals surface area contributed by atoms with Crippen molar-refractivity contribution in [2.75, 3.05) is 36.4 Å². The largest absolute Gasteiger partial charge is 0.367 e. The molecule has 37 heavy (non-hydrogen) atoms. The molecule has 0 unspecified atom stereocenters. The standard InChI is InChI=1S/C27H23Cl3N4O2S/c28-21-9-7-19(16-22(21)29)26(36)32-27(37)31-20-8-10-24(23(30)17-20)33-12-14-34(15-13-33)25(35)11-6-18-4-2-1-3-5-18/h1-11,16-17H,12-15H2,(H2,31,32,36,37)/b11-6+. The molecule has 1 heterocycles. The normalized spacial score (nSPS) is 13.5. The first kappa shape index (κ1) is 26.9. The third-order valence-electron chi connectivity index (χ3n) is 5.76. The van der Waals surface area contributed by atoms with E-state index in [-0.39, 0.29) is 16.0 Å². The van der Waals surface area contributed by atoms with Crippen LogP contribution in [0.25, 0.3) is 6.08 Å². The van der Waals surface area contributed by atoms with Gasteiger partial charge >= 0.3 is 0 Å². The molecule has 1 aliphatic heterocycles. The average Bonchev–Trinajstić information content (AvgIpc) is 2.89. The molecule has 0 spiro atoms. The second kappa shape index (κ2) is 12.4. The Bertz CT molecular complexity index is 1340. The third kappa shape index (κ3) is 7.23. The number of piperazine rings is 1. The van der Waals surface area contributed by atoms with Crippen LogP contribution in [0.5, 0.6) is 0 Å². The van der Waals surface area contributed by atoms with Crippen molar-refractivity contribution in [2.45, 2.75) is 0 Å². The quantitative estimate of drug-likeness (QED) is 0.284. The van der Waals surface area contributed by atoms with Crippen LogP contribution in [0.15, 0.2) is 72.8 Å². The lowest BCUT2D eigenvalue weighted by atomic mass is 10.2. The first-order valence-electron chi connectivity index (χ1n) is 11.4. The van der Waals surface area contributed by atoms with E-state index in [1.807, 2.05) is 53.4 Å². The monoisotopic (exact) mass is 572 g/mol. The molecule has 1 aliphatic rings. The van der Waals surface area contributed by atoms with E-state index in [4.69, 9.17) is 47.0 Å². The van der Waals surface area contributed by atoms with Gasteiger partial charge < -0.3 is 15.1 Å². The molecule has 4 rings (SSSR count). The number of carbonyl (C=O) groups excluding carboxylic acids is 2. The van der Waals surface area contributed by atoms with E-state index in [2.05, 4.69) is 15.5 Å². The number of amides is 2. The van der Waals surface area contributed by atoms with Gasteiger partial charge in [-0.05, 0) is 60.3 Å². The highest BCUT2D eigenvalue weighted by atomic mass is 35.5. The number of thiocarbonyl (C=S) groups is 1. The number of carbonyl (C=O) groups is 2. The van der Waals surface area contributed by atoms with Crippen LogP contribution in [-0.2, 0) is 4.79 Å². The molecule has 3 aromatic carbocycles. The summed E-state index contributed by atoms with van der Waals surface area (Å²) in [7, 11) is 0. The summed E-state index contributed by atoms with van der Waals surface area (Å²) >= 11 is 23.7. The van der Waals surface area contributed by atoms with Gasteiger partial charge in [-0.2, -0.15) is 0 Å². The number of nitrogens with one attached hydrogen (secondary N) is 2. The predicted octanol–water partition coefficient (Wildman–Crippen LogP) is 6.14. The zero-order chi connectivity index (χ0) is 26.4. The first-order chi connectivity index (χ1) is 17.8. The lowest BCUT2D eigenvalue weighted by Gasteiger charge is -2.36. The predicted molar refractivity (Wildman–Crippen MR) is 156 cm³/mol. The molecular formula is C27H23Cl3N4O2S. The van der Waals surface area contributed by atoms with Gasteiger partial charge in [-0.3, -0.25) is 14.9 Å². The van der Waals surface area contributed by atoms with Crippen LogP contribution in [-0.4, -0.2) is 48.0 Å². The number of hydrogen-bond donors (Lipinski definition) is 2. The molecule has 10 heteroatoms. The SMILES string of the molecule is O=C(NC(=S)Nc1ccc(N2CCN(C(=O)/C=C/c3ccccc3)CC2)c(Cl)c1)c1ccc(Cl)c(Cl)c1. The first-order valence-corrected chi connectivity index (χ1v) is 13.0. The number of anilines is 2. The van der Waals surface area contributed by atoms with Crippen LogP contribution in [0, 0.1) is 0 Å². The Hall–Kier alpha value is -3.10. The Labute approximate surface area is 235 Å². The molecule has 1 saturated heterocycles. The van der Waals surface area contributed by atoms with Crippen LogP contribution >= 0.6 is 47.0 Å². The summed E-state index contributed by atoms with van der Waals surface area (Å²) in [6.45, 7) is 2.52. The van der Waals surface area contributed by atoms with E-state index in [0.717, 1.165) is 11.3 Å². The van der Waals surface area contributed by atoms with E-state index in [1.54, 1.807) is 24.3 Å². The van der Waals surface area contributed by atoms with E-state index < -0.39 is 5.91 Å². The Balaban J connectivity index is 1.30. The van der Waals surface area contributed by atoms with E-state index >= 15 is 0 Å². The molecule has 0 bridgehead atoms. The van der Waals surface area contributed by atoms with Crippen molar-refractivity contribution in [3.63, 3.8) is 0 Å². The van der Waals surface area contributed by atoms with E-state index in [9.17, 15) is 9.59 Å². The van der Waals surface area contributed by atoms with Crippen molar-refractivity contribution in [3.8, 4) is 0 Å². The van der Waals surface area contributed by atoms with Gasteiger partial charge in [-0.1, -0.05) is 65.1 Å². The molecule has 0 radical (unpaired) electrons. The summed E-state index contributed by atoms with van der Waals surface area (Å²) in [6, 6.07) is 19.8. The minimum absolute atomic E-state index is 0.00872. The minimum atomic E-state index is -0.412. The molecule has 0 saturated carbocycles. The summed E-state index contributed by atoms with van der Waals surface area (Å²) in [6.07, 6.45) is 3.44. The molecular weight excluding hydrogens is 551 g/mol. The lowest BCUT2D eigenvalue weighted by Crippen LogP contribution is -2.48. The average molecular weight is 574 g/mol. The lowest BCUT2D eigenvalue weighted by molar-refractivity contribution is -0.126. The Morgan fingerprint density at radius 1 is 0.838 bits per heavy atom. The summed E-state index contributed by atoms with van der Waals surface area (Å²) < 4.78 is 0. The number of hydrogen-bond acceptors (Lipinski definition) is 4. The molecule has 0 aliphatic carbocycles. The second-order valence-electron chi connectivity index (χ2n) is 8.26. The van der Waals surface area contributed by atoms with Crippen molar-refractivity contribution in [2.24, 2.45) is 0 Å².